The molecule has 0 aromatic heterocycles. The van der Waals surface area contributed by atoms with E-state index in [0.29, 0.717) is 11.9 Å². The summed E-state index contributed by atoms with van der Waals surface area (Å²) in [6.07, 6.45) is 0. The van der Waals surface area contributed by atoms with E-state index < -0.39 is 17.5 Å². The number of carbonyl (C=O) groups is 1. The normalized spacial score (nSPS) is 11.6. The minimum Gasteiger partial charge on any atom is -0.339 e. The quantitative estimate of drug-likeness (QED) is 0.437. The molecule has 3 N–H and O–H groups in total. The van der Waals surface area contributed by atoms with E-state index in [4.69, 9.17) is 12.2 Å². The zero-order chi connectivity index (χ0) is 18.0. The van der Waals surface area contributed by atoms with Crippen LogP contribution in [0.5, 0.6) is 0 Å². The Balaban J connectivity index is 1.81. The molecule has 8 heteroatoms. The molecule has 0 bridgehead atoms. The van der Waals surface area contributed by atoms with Crippen molar-refractivity contribution >= 4 is 34.5 Å². The van der Waals surface area contributed by atoms with Crippen LogP contribution in [-0.2, 0) is 0 Å². The van der Waals surface area contributed by atoms with Gasteiger partial charge >= 0.3 is 0 Å². The molecule has 5 nitrogen and oxygen atoms in total. The van der Waals surface area contributed by atoms with Crippen molar-refractivity contribution in [1.82, 2.24) is 5.32 Å². The summed E-state index contributed by atoms with van der Waals surface area (Å²) in [7, 11) is 0. The Morgan fingerprint density at radius 2 is 1.76 bits per heavy atom. The molecule has 0 aliphatic carbocycles. The van der Waals surface area contributed by atoms with Crippen LogP contribution in [0.15, 0.2) is 53.9 Å². The van der Waals surface area contributed by atoms with Gasteiger partial charge in [-0.2, -0.15) is 5.26 Å². The number of carbonyl (C=O) groups excluding carboxylic acids is 1. The number of hydrogen-bond donors (Lipinski definition) is 3. The van der Waals surface area contributed by atoms with Crippen LogP contribution in [0.4, 0.5) is 20.2 Å². The van der Waals surface area contributed by atoms with Crippen molar-refractivity contribution in [3.63, 3.8) is 0 Å². The van der Waals surface area contributed by atoms with Gasteiger partial charge in [-0.1, -0.05) is 24.4 Å². The topological polar surface area (TPSA) is 77.0 Å². The number of nitrogens with zero attached hydrogens (tertiary/aromatic N) is 1. The fraction of sp³-hybridized carbons (Fsp3) is 0. The number of nitrogens with one attached hydrogen (secondary N) is 3. The first kappa shape index (κ1) is 16.5. The molecule has 0 radical (unpaired) electrons. The number of amides is 1. The van der Waals surface area contributed by atoms with Gasteiger partial charge in [0.1, 0.15) is 34.1 Å². The van der Waals surface area contributed by atoms with Crippen LogP contribution in [0.3, 0.4) is 0 Å². The van der Waals surface area contributed by atoms with Gasteiger partial charge in [-0.15, -0.1) is 0 Å². The molecule has 1 aliphatic rings. The molecule has 0 saturated heterocycles. The largest absolute Gasteiger partial charge is 0.339 e. The van der Waals surface area contributed by atoms with E-state index in [1.54, 1.807) is 12.1 Å². The van der Waals surface area contributed by atoms with Gasteiger partial charge in [0.25, 0.3) is 5.91 Å². The Bertz CT molecular complexity index is 938. The standard InChI is InChI=1S/C17H10F2N4OS/c18-9-5-6-10(12(19)7-9)16(24)23-17(25)11(8-20)15-21-13-3-1-2-4-14(13)22-15/h1-7,21-22H,(H,23,24,25). The Morgan fingerprint density at radius 3 is 2.32 bits per heavy atom. The maximum Gasteiger partial charge on any atom is 0.259 e. The van der Waals surface area contributed by atoms with Crippen molar-refractivity contribution in [2.45, 2.75) is 0 Å². The van der Waals surface area contributed by atoms with Gasteiger partial charge in [-0.25, -0.2) is 8.78 Å². The summed E-state index contributed by atoms with van der Waals surface area (Å²) in [4.78, 5) is 11.9. The third-order valence-corrected chi connectivity index (χ3v) is 3.74. The van der Waals surface area contributed by atoms with Gasteiger partial charge in [0.15, 0.2) is 0 Å². The number of hydrogen-bond acceptors (Lipinski definition) is 5. The Morgan fingerprint density at radius 1 is 1.12 bits per heavy atom. The van der Waals surface area contributed by atoms with Crippen LogP contribution in [0.25, 0.3) is 0 Å². The lowest BCUT2D eigenvalue weighted by molar-refractivity contribution is 0.0974. The number of nitriles is 1. The van der Waals surface area contributed by atoms with Gasteiger partial charge < -0.3 is 16.0 Å². The molecule has 3 rings (SSSR count). The highest BCUT2D eigenvalue weighted by atomic mass is 32.1. The van der Waals surface area contributed by atoms with E-state index in [1.807, 2.05) is 18.2 Å². The summed E-state index contributed by atoms with van der Waals surface area (Å²) in [5, 5.41) is 17.6. The molecular weight excluding hydrogens is 346 g/mol. The number of anilines is 2. The molecule has 2 aromatic carbocycles. The lowest BCUT2D eigenvalue weighted by Gasteiger charge is -2.09. The Labute approximate surface area is 147 Å². The van der Waals surface area contributed by atoms with E-state index in [1.165, 1.54) is 0 Å². The second kappa shape index (κ2) is 6.67. The average Bonchev–Trinajstić information content (AvgIpc) is 2.98. The van der Waals surface area contributed by atoms with E-state index >= 15 is 0 Å². The van der Waals surface area contributed by atoms with Crippen molar-refractivity contribution in [2.24, 2.45) is 0 Å². The number of benzene rings is 2. The molecule has 0 atom stereocenters. The monoisotopic (exact) mass is 356 g/mol. The highest BCUT2D eigenvalue weighted by Gasteiger charge is 2.22. The van der Waals surface area contributed by atoms with Crippen LogP contribution in [0.1, 0.15) is 10.4 Å². The van der Waals surface area contributed by atoms with Gasteiger partial charge in [0, 0.05) is 6.07 Å². The van der Waals surface area contributed by atoms with Crippen LogP contribution >= 0.6 is 12.2 Å². The van der Waals surface area contributed by atoms with Crippen LogP contribution < -0.4 is 16.0 Å². The minimum absolute atomic E-state index is 0.0120. The van der Waals surface area contributed by atoms with Crippen LogP contribution in [-0.4, -0.2) is 10.9 Å². The lowest BCUT2D eigenvalue weighted by atomic mass is 10.2. The molecule has 2 aromatic rings. The second-order valence-electron chi connectivity index (χ2n) is 5.06. The van der Waals surface area contributed by atoms with Crippen molar-refractivity contribution < 1.29 is 13.6 Å². The summed E-state index contributed by atoms with van der Waals surface area (Å²) in [6, 6.07) is 11.7. The van der Waals surface area contributed by atoms with Gasteiger partial charge in [-0.05, 0) is 24.3 Å². The van der Waals surface area contributed by atoms with Crippen LogP contribution in [0, 0.1) is 23.0 Å². The second-order valence-corrected chi connectivity index (χ2v) is 5.47. The fourth-order valence-electron chi connectivity index (χ4n) is 2.25. The first-order valence-corrected chi connectivity index (χ1v) is 7.48. The summed E-state index contributed by atoms with van der Waals surface area (Å²) in [6.45, 7) is 0. The van der Waals surface area contributed by atoms with Gasteiger partial charge in [0.05, 0.1) is 16.9 Å². The lowest BCUT2D eigenvalue weighted by Crippen LogP contribution is -2.32. The molecular formula is C17H10F2N4OS. The summed E-state index contributed by atoms with van der Waals surface area (Å²) in [5.74, 6) is -2.37. The molecule has 1 heterocycles. The van der Waals surface area contributed by atoms with E-state index in [0.717, 1.165) is 23.5 Å². The Kier molecular flexibility index (Phi) is 4.41. The van der Waals surface area contributed by atoms with Crippen molar-refractivity contribution in [2.75, 3.05) is 10.6 Å². The molecule has 0 unspecified atom stereocenters. The first-order chi connectivity index (χ1) is 12.0. The van der Waals surface area contributed by atoms with Gasteiger partial charge in [-0.3, -0.25) is 4.79 Å². The first-order valence-electron chi connectivity index (χ1n) is 7.08. The summed E-state index contributed by atoms with van der Waals surface area (Å²) < 4.78 is 26.6. The zero-order valence-electron chi connectivity index (χ0n) is 12.6. The highest BCUT2D eigenvalue weighted by molar-refractivity contribution is 7.80. The molecule has 124 valence electrons. The SMILES string of the molecule is N#CC(C(=S)NC(=O)c1ccc(F)cc1F)=C1Nc2ccccc2N1. The highest BCUT2D eigenvalue weighted by Crippen LogP contribution is 2.31. The molecule has 1 aliphatic heterocycles. The molecule has 25 heavy (non-hydrogen) atoms. The predicted octanol–water partition coefficient (Wildman–Crippen LogP) is 3.29. The minimum atomic E-state index is -1.02. The summed E-state index contributed by atoms with van der Waals surface area (Å²) >= 11 is 5.08. The number of halogens is 2. The maximum absolute atomic E-state index is 13.7. The molecule has 0 saturated carbocycles. The van der Waals surface area contributed by atoms with Gasteiger partial charge in [0.2, 0.25) is 0 Å². The number of rotatable bonds is 2. The average molecular weight is 356 g/mol. The number of fused-ring (bicyclic) bond motifs is 1. The Hall–Kier alpha value is -3.31. The van der Waals surface area contributed by atoms with E-state index in [-0.39, 0.29) is 16.1 Å². The van der Waals surface area contributed by atoms with Crippen LogP contribution in [0.2, 0.25) is 0 Å². The molecule has 1 amide bonds. The third-order valence-electron chi connectivity index (χ3n) is 3.44. The van der Waals surface area contributed by atoms with Crippen molar-refractivity contribution in [3.05, 3.63) is 71.1 Å². The number of para-hydroxylation sites is 2. The van der Waals surface area contributed by atoms with E-state index in [2.05, 4.69) is 16.0 Å². The zero-order valence-corrected chi connectivity index (χ0v) is 13.4. The maximum atomic E-state index is 13.7. The van der Waals surface area contributed by atoms with Crippen molar-refractivity contribution in [3.8, 4) is 6.07 Å². The summed E-state index contributed by atoms with van der Waals surface area (Å²) in [5.41, 5.74) is 1.12. The molecule has 0 fully saturated rings. The molecule has 0 spiro atoms. The van der Waals surface area contributed by atoms with E-state index in [9.17, 15) is 18.8 Å². The fourth-order valence-corrected chi connectivity index (χ4v) is 2.49. The smallest absolute Gasteiger partial charge is 0.259 e. The van der Waals surface area contributed by atoms with Crippen molar-refractivity contribution in [1.29, 1.82) is 5.26 Å². The predicted molar refractivity (Wildman–Crippen MR) is 92.7 cm³/mol. The third kappa shape index (κ3) is 3.32. The number of thiocarbonyl (C=S) groups is 1.